The molecule has 2 rings (SSSR count). The summed E-state index contributed by atoms with van der Waals surface area (Å²) in [6.07, 6.45) is 2.11. The Morgan fingerprint density at radius 3 is 2.50 bits per heavy atom. The van der Waals surface area contributed by atoms with Crippen molar-refractivity contribution in [1.29, 1.82) is 0 Å². The molecule has 1 heterocycles. The van der Waals surface area contributed by atoms with Crippen molar-refractivity contribution in [3.63, 3.8) is 0 Å². The molecule has 20 heavy (non-hydrogen) atoms. The quantitative estimate of drug-likeness (QED) is 0.725. The van der Waals surface area contributed by atoms with Crippen molar-refractivity contribution in [2.45, 2.75) is 19.8 Å². The Bertz CT molecular complexity index is 559. The number of hydrogen-bond donors (Lipinski definition) is 0. The Labute approximate surface area is 130 Å². The second-order valence-electron chi connectivity index (χ2n) is 4.88. The number of nitrogens with zero attached hydrogens (tertiary/aromatic N) is 3. The third-order valence-corrected chi connectivity index (χ3v) is 3.84. The molecule has 2 aromatic rings. The summed E-state index contributed by atoms with van der Waals surface area (Å²) < 4.78 is 2.18. The lowest BCUT2D eigenvalue weighted by Crippen LogP contribution is -2.27. The minimum absolute atomic E-state index is 0.595. The number of rotatable bonds is 7. The molecule has 0 radical (unpaired) electrons. The van der Waals surface area contributed by atoms with E-state index in [1.54, 1.807) is 0 Å². The molecule has 1 aromatic heterocycles. The molecule has 0 spiro atoms. The highest BCUT2D eigenvalue weighted by molar-refractivity contribution is 6.18. The van der Waals surface area contributed by atoms with Crippen molar-refractivity contribution >= 4 is 39.9 Å². The highest BCUT2D eigenvalue weighted by atomic mass is 35.5. The van der Waals surface area contributed by atoms with Crippen LogP contribution in [0.2, 0.25) is 0 Å². The molecule has 3 nitrogen and oxygen atoms in total. The number of fused-ring (bicyclic) bond motifs is 1. The molecule has 0 saturated heterocycles. The Kier molecular flexibility index (Phi) is 5.55. The predicted octanol–water partition coefficient (Wildman–Crippen LogP) is 3.81. The molecular weight excluding hydrogens is 293 g/mol. The zero-order valence-corrected chi connectivity index (χ0v) is 13.6. The van der Waals surface area contributed by atoms with Crippen LogP contribution in [-0.4, -0.2) is 34.4 Å². The van der Waals surface area contributed by atoms with E-state index >= 15 is 0 Å². The Hall–Kier alpha value is -0.930. The lowest BCUT2D eigenvalue weighted by atomic mass is 10.2. The van der Waals surface area contributed by atoms with Gasteiger partial charge in [0.25, 0.3) is 0 Å². The van der Waals surface area contributed by atoms with Gasteiger partial charge in [0.15, 0.2) is 0 Å². The number of anilines is 1. The van der Waals surface area contributed by atoms with Crippen LogP contribution in [0.4, 0.5) is 5.69 Å². The Morgan fingerprint density at radius 2 is 1.90 bits per heavy atom. The van der Waals surface area contributed by atoms with Gasteiger partial charge in [-0.2, -0.15) is 0 Å². The number of benzene rings is 1. The van der Waals surface area contributed by atoms with Gasteiger partial charge in [-0.3, -0.25) is 0 Å². The van der Waals surface area contributed by atoms with Gasteiger partial charge in [-0.15, -0.1) is 23.2 Å². The van der Waals surface area contributed by atoms with Crippen LogP contribution in [0.15, 0.2) is 18.2 Å². The first kappa shape index (κ1) is 15.5. The zero-order valence-electron chi connectivity index (χ0n) is 12.1. The topological polar surface area (TPSA) is 21.1 Å². The van der Waals surface area contributed by atoms with Gasteiger partial charge >= 0.3 is 0 Å². The number of alkyl halides is 2. The van der Waals surface area contributed by atoms with Gasteiger partial charge in [-0.1, -0.05) is 6.92 Å². The summed E-state index contributed by atoms with van der Waals surface area (Å²) in [5.41, 5.74) is 3.36. The fourth-order valence-corrected chi connectivity index (χ4v) is 2.86. The molecule has 0 fully saturated rings. The molecule has 0 N–H and O–H groups in total. The number of aromatic nitrogens is 2. The average Bonchev–Trinajstić information content (AvgIpc) is 2.75. The molecular formula is C15H21Cl2N3. The highest BCUT2D eigenvalue weighted by Crippen LogP contribution is 2.23. The summed E-state index contributed by atoms with van der Waals surface area (Å²) in [7, 11) is 2.08. The Balaban J connectivity index is 2.36. The van der Waals surface area contributed by atoms with Crippen molar-refractivity contribution in [2.75, 3.05) is 29.7 Å². The van der Waals surface area contributed by atoms with E-state index in [1.165, 1.54) is 5.52 Å². The summed E-state index contributed by atoms with van der Waals surface area (Å²) in [4.78, 5) is 6.94. The summed E-state index contributed by atoms with van der Waals surface area (Å²) in [5.74, 6) is 2.33. The van der Waals surface area contributed by atoms with Crippen LogP contribution < -0.4 is 4.90 Å². The van der Waals surface area contributed by atoms with Gasteiger partial charge in [0.05, 0.1) is 11.0 Å². The van der Waals surface area contributed by atoms with E-state index in [0.29, 0.717) is 11.8 Å². The van der Waals surface area contributed by atoms with E-state index in [0.717, 1.165) is 43.0 Å². The van der Waals surface area contributed by atoms with Crippen molar-refractivity contribution < 1.29 is 0 Å². The summed E-state index contributed by atoms with van der Waals surface area (Å²) >= 11 is 11.7. The van der Waals surface area contributed by atoms with Crippen LogP contribution in [0.25, 0.3) is 11.0 Å². The van der Waals surface area contributed by atoms with Crippen molar-refractivity contribution in [2.24, 2.45) is 7.05 Å². The van der Waals surface area contributed by atoms with Crippen LogP contribution in [0.3, 0.4) is 0 Å². The minimum atomic E-state index is 0.595. The van der Waals surface area contributed by atoms with Gasteiger partial charge in [-0.05, 0) is 24.6 Å². The van der Waals surface area contributed by atoms with Crippen LogP contribution >= 0.6 is 23.2 Å². The van der Waals surface area contributed by atoms with Crippen LogP contribution in [0.5, 0.6) is 0 Å². The third kappa shape index (κ3) is 3.21. The maximum absolute atomic E-state index is 5.87. The summed E-state index contributed by atoms with van der Waals surface area (Å²) in [6.45, 7) is 3.77. The second-order valence-corrected chi connectivity index (χ2v) is 5.63. The van der Waals surface area contributed by atoms with E-state index < -0.39 is 0 Å². The van der Waals surface area contributed by atoms with Crippen LogP contribution in [0.1, 0.15) is 19.2 Å². The lowest BCUT2D eigenvalue weighted by Gasteiger charge is -2.22. The molecule has 0 unspecified atom stereocenters. The number of hydrogen-bond acceptors (Lipinski definition) is 2. The number of imidazole rings is 1. The molecule has 0 aliphatic rings. The van der Waals surface area contributed by atoms with Gasteiger partial charge < -0.3 is 9.47 Å². The first-order valence-electron chi connectivity index (χ1n) is 7.03. The molecule has 0 amide bonds. The van der Waals surface area contributed by atoms with Gasteiger partial charge in [0, 0.05) is 44.0 Å². The van der Waals surface area contributed by atoms with Gasteiger partial charge in [0.1, 0.15) is 5.82 Å². The maximum atomic E-state index is 5.87. The van der Waals surface area contributed by atoms with Crippen LogP contribution in [0, 0.1) is 0 Å². The van der Waals surface area contributed by atoms with E-state index in [1.807, 2.05) is 0 Å². The van der Waals surface area contributed by atoms with Gasteiger partial charge in [0.2, 0.25) is 0 Å². The SMILES string of the molecule is CCCc1nc2cc(N(CCCl)CCCl)ccc2n1C. The van der Waals surface area contributed by atoms with E-state index in [2.05, 4.69) is 41.6 Å². The monoisotopic (exact) mass is 313 g/mol. The lowest BCUT2D eigenvalue weighted by molar-refractivity contribution is 0.773. The second kappa shape index (κ2) is 7.19. The summed E-state index contributed by atoms with van der Waals surface area (Å²) in [6, 6.07) is 6.39. The molecule has 5 heteroatoms. The van der Waals surface area contributed by atoms with Crippen molar-refractivity contribution in [1.82, 2.24) is 9.55 Å². The smallest absolute Gasteiger partial charge is 0.109 e. The van der Waals surface area contributed by atoms with Crippen LogP contribution in [-0.2, 0) is 13.5 Å². The zero-order chi connectivity index (χ0) is 14.5. The standard InChI is InChI=1S/C15H21Cl2N3/c1-3-4-15-18-13-11-12(5-6-14(13)19(15)2)20(9-7-16)10-8-17/h5-6,11H,3-4,7-10H2,1-2H3. The first-order valence-corrected chi connectivity index (χ1v) is 8.10. The summed E-state index contributed by atoms with van der Waals surface area (Å²) in [5, 5.41) is 0. The third-order valence-electron chi connectivity index (χ3n) is 3.50. The largest absolute Gasteiger partial charge is 0.369 e. The Morgan fingerprint density at radius 1 is 1.20 bits per heavy atom. The minimum Gasteiger partial charge on any atom is -0.369 e. The fraction of sp³-hybridized carbons (Fsp3) is 0.533. The molecule has 1 aromatic carbocycles. The molecule has 0 saturated carbocycles. The van der Waals surface area contributed by atoms with Gasteiger partial charge in [-0.25, -0.2) is 4.98 Å². The van der Waals surface area contributed by atoms with Crippen molar-refractivity contribution in [3.8, 4) is 0 Å². The fourth-order valence-electron chi connectivity index (χ4n) is 2.46. The van der Waals surface area contributed by atoms with E-state index in [-0.39, 0.29) is 0 Å². The van der Waals surface area contributed by atoms with E-state index in [9.17, 15) is 0 Å². The molecule has 0 atom stereocenters. The number of aryl methyl sites for hydroxylation is 2. The number of halogens is 2. The average molecular weight is 314 g/mol. The molecule has 110 valence electrons. The molecule has 0 bridgehead atoms. The maximum Gasteiger partial charge on any atom is 0.109 e. The van der Waals surface area contributed by atoms with E-state index in [4.69, 9.17) is 28.2 Å². The molecule has 0 aliphatic heterocycles. The highest BCUT2D eigenvalue weighted by Gasteiger charge is 2.10. The van der Waals surface area contributed by atoms with Crippen molar-refractivity contribution in [3.05, 3.63) is 24.0 Å². The normalized spacial score (nSPS) is 11.2. The predicted molar refractivity (Wildman–Crippen MR) is 88.4 cm³/mol. The molecule has 0 aliphatic carbocycles. The first-order chi connectivity index (χ1) is 9.71.